The fourth-order valence-electron chi connectivity index (χ4n) is 0.970. The first-order chi connectivity index (χ1) is 6.19. The number of benzene rings is 1. The molecule has 0 amide bonds. The van der Waals surface area contributed by atoms with Gasteiger partial charge in [0.2, 0.25) is 0 Å². The Bertz CT molecular complexity index is 325. The summed E-state index contributed by atoms with van der Waals surface area (Å²) in [6.45, 7) is 0. The average molecular weight is 418 g/mol. The molecule has 0 aromatic heterocycles. The molecule has 0 saturated carbocycles. The highest BCUT2D eigenvalue weighted by Crippen LogP contribution is 2.23. The Morgan fingerprint density at radius 1 is 1.54 bits per heavy atom. The molecule has 0 unspecified atom stereocenters. The average Bonchev–Trinajstić information content (AvgIpc) is 2.16. The minimum atomic E-state index is 0.212. The Kier molecular flexibility index (Phi) is 5.03. The number of alkyl halides is 1. The van der Waals surface area contributed by atoms with Crippen molar-refractivity contribution in [2.75, 3.05) is 10.7 Å². The quantitative estimate of drug-likeness (QED) is 0.323. The van der Waals surface area contributed by atoms with Gasteiger partial charge in [0.15, 0.2) is 5.78 Å². The van der Waals surface area contributed by atoms with Gasteiger partial charge in [-0.25, -0.2) is 0 Å². The molecule has 1 aromatic carbocycles. The van der Waals surface area contributed by atoms with Gasteiger partial charge in [-0.2, -0.15) is 0 Å². The van der Waals surface area contributed by atoms with E-state index in [4.69, 9.17) is 0 Å². The van der Waals surface area contributed by atoms with Crippen molar-refractivity contribution in [3.05, 3.63) is 27.3 Å². The van der Waals surface area contributed by atoms with E-state index >= 15 is 0 Å². The van der Waals surface area contributed by atoms with Gasteiger partial charge >= 0.3 is 0 Å². The van der Waals surface area contributed by atoms with Crippen LogP contribution < -0.4 is 0 Å². The van der Waals surface area contributed by atoms with Crippen LogP contribution >= 0.6 is 56.9 Å². The molecule has 0 aliphatic carbocycles. The van der Waals surface area contributed by atoms with Crippen LogP contribution in [0.2, 0.25) is 0 Å². The van der Waals surface area contributed by atoms with Gasteiger partial charge in [-0.1, -0.05) is 22.6 Å². The molecule has 0 heterocycles. The second-order valence-corrected chi connectivity index (χ2v) is 5.26. The van der Waals surface area contributed by atoms with Crippen LogP contribution in [0.5, 0.6) is 0 Å². The van der Waals surface area contributed by atoms with Crippen molar-refractivity contribution >= 4 is 62.7 Å². The van der Waals surface area contributed by atoms with E-state index in [0.29, 0.717) is 4.43 Å². The van der Waals surface area contributed by atoms with Crippen LogP contribution in [0.15, 0.2) is 23.1 Å². The minimum Gasteiger partial charge on any atom is -0.293 e. The minimum absolute atomic E-state index is 0.212. The topological polar surface area (TPSA) is 17.1 Å². The first kappa shape index (κ1) is 11.8. The number of halogens is 2. The Morgan fingerprint density at radius 2 is 2.23 bits per heavy atom. The molecule has 0 aliphatic heterocycles. The van der Waals surface area contributed by atoms with Gasteiger partial charge in [-0.05, 0) is 47.0 Å². The number of thioether (sulfide) groups is 1. The fourth-order valence-corrected chi connectivity index (χ4v) is 2.47. The molecule has 0 atom stereocenters. The second kappa shape index (κ2) is 5.55. The molecule has 0 saturated heterocycles. The van der Waals surface area contributed by atoms with Gasteiger partial charge in [0, 0.05) is 14.0 Å². The van der Waals surface area contributed by atoms with Gasteiger partial charge < -0.3 is 0 Å². The zero-order chi connectivity index (χ0) is 9.84. The molecule has 0 fully saturated rings. The van der Waals surface area contributed by atoms with Gasteiger partial charge in [0.1, 0.15) is 0 Å². The monoisotopic (exact) mass is 418 g/mol. The van der Waals surface area contributed by atoms with E-state index in [2.05, 4.69) is 45.2 Å². The molecular formula is C9H8I2OS. The highest BCUT2D eigenvalue weighted by molar-refractivity contribution is 14.1. The normalized spacial score (nSPS) is 10.1. The number of carbonyl (C=O) groups excluding carboxylic acids is 1. The van der Waals surface area contributed by atoms with Crippen LogP contribution in [0, 0.1) is 3.57 Å². The molecule has 0 aliphatic rings. The summed E-state index contributed by atoms with van der Waals surface area (Å²) in [4.78, 5) is 12.6. The SMILES string of the molecule is CSc1ccc(I)cc1C(=O)CI. The third-order valence-corrected chi connectivity index (χ3v) is 3.74. The van der Waals surface area contributed by atoms with E-state index in [1.165, 1.54) is 0 Å². The van der Waals surface area contributed by atoms with Gasteiger partial charge in [0.25, 0.3) is 0 Å². The number of carbonyl (C=O) groups is 1. The Morgan fingerprint density at radius 3 is 2.77 bits per heavy atom. The lowest BCUT2D eigenvalue weighted by atomic mass is 10.1. The lowest BCUT2D eigenvalue weighted by Gasteiger charge is -2.04. The maximum atomic E-state index is 11.5. The highest BCUT2D eigenvalue weighted by Gasteiger charge is 2.09. The molecule has 1 nitrogen and oxygen atoms in total. The van der Waals surface area contributed by atoms with Crippen molar-refractivity contribution in [3.8, 4) is 0 Å². The van der Waals surface area contributed by atoms with Crippen molar-refractivity contribution in [2.24, 2.45) is 0 Å². The first-order valence-electron chi connectivity index (χ1n) is 3.61. The predicted octanol–water partition coefficient (Wildman–Crippen LogP) is 3.63. The zero-order valence-electron chi connectivity index (χ0n) is 7.01. The molecule has 0 radical (unpaired) electrons. The largest absolute Gasteiger partial charge is 0.293 e. The molecule has 1 rings (SSSR count). The van der Waals surface area contributed by atoms with E-state index in [0.717, 1.165) is 14.0 Å². The molecule has 0 N–H and O–H groups in total. The molecule has 4 heteroatoms. The van der Waals surface area contributed by atoms with Crippen LogP contribution in [0.25, 0.3) is 0 Å². The van der Waals surface area contributed by atoms with Crippen LogP contribution in [0.1, 0.15) is 10.4 Å². The lowest BCUT2D eigenvalue weighted by Crippen LogP contribution is -2.02. The highest BCUT2D eigenvalue weighted by atomic mass is 127. The third kappa shape index (κ3) is 3.09. The van der Waals surface area contributed by atoms with E-state index < -0.39 is 0 Å². The zero-order valence-corrected chi connectivity index (χ0v) is 12.1. The fraction of sp³-hybridized carbons (Fsp3) is 0.222. The lowest BCUT2D eigenvalue weighted by molar-refractivity contribution is 0.102. The summed E-state index contributed by atoms with van der Waals surface area (Å²) in [5.41, 5.74) is 0.855. The Hall–Kier alpha value is 0.700. The summed E-state index contributed by atoms with van der Waals surface area (Å²) in [5, 5.41) is 0. The summed E-state index contributed by atoms with van der Waals surface area (Å²) >= 11 is 5.94. The van der Waals surface area contributed by atoms with Gasteiger partial charge in [0.05, 0.1) is 4.43 Å². The number of hydrogen-bond acceptors (Lipinski definition) is 2. The van der Waals surface area contributed by atoms with E-state index in [1.807, 2.05) is 24.5 Å². The smallest absolute Gasteiger partial charge is 0.173 e. The van der Waals surface area contributed by atoms with Gasteiger partial charge in [-0.15, -0.1) is 11.8 Å². The Balaban J connectivity index is 3.15. The number of ketones is 1. The van der Waals surface area contributed by atoms with E-state index in [-0.39, 0.29) is 5.78 Å². The number of hydrogen-bond donors (Lipinski definition) is 0. The van der Waals surface area contributed by atoms with Crippen LogP contribution in [-0.4, -0.2) is 16.5 Å². The number of rotatable bonds is 3. The molecule has 0 bridgehead atoms. The van der Waals surface area contributed by atoms with Crippen molar-refractivity contribution in [1.29, 1.82) is 0 Å². The summed E-state index contributed by atoms with van der Waals surface area (Å²) in [6, 6.07) is 5.98. The van der Waals surface area contributed by atoms with Crippen LogP contribution in [-0.2, 0) is 0 Å². The molecule has 1 aromatic rings. The maximum Gasteiger partial charge on any atom is 0.173 e. The summed E-state index contributed by atoms with van der Waals surface area (Å²) in [6.07, 6.45) is 1.99. The Labute approximate surface area is 109 Å². The predicted molar refractivity (Wildman–Crippen MR) is 74.2 cm³/mol. The molecule has 13 heavy (non-hydrogen) atoms. The first-order valence-corrected chi connectivity index (χ1v) is 7.44. The third-order valence-electron chi connectivity index (χ3n) is 1.58. The second-order valence-electron chi connectivity index (χ2n) is 2.40. The van der Waals surface area contributed by atoms with Crippen LogP contribution in [0.3, 0.4) is 0 Å². The number of Topliss-reactive ketones (excluding diaryl/α,β-unsaturated/α-hetero) is 1. The van der Waals surface area contributed by atoms with Crippen molar-refractivity contribution < 1.29 is 4.79 Å². The van der Waals surface area contributed by atoms with E-state index in [9.17, 15) is 4.79 Å². The summed E-state index contributed by atoms with van der Waals surface area (Å²) < 4.78 is 1.66. The standard InChI is InChI=1S/C9H8I2OS/c1-13-9-3-2-6(11)4-7(9)8(12)5-10/h2-4H,5H2,1H3. The summed E-state index contributed by atoms with van der Waals surface area (Å²) in [5.74, 6) is 0.212. The van der Waals surface area contributed by atoms with Crippen molar-refractivity contribution in [3.63, 3.8) is 0 Å². The van der Waals surface area contributed by atoms with E-state index in [1.54, 1.807) is 11.8 Å². The van der Waals surface area contributed by atoms with Crippen LogP contribution in [0.4, 0.5) is 0 Å². The maximum absolute atomic E-state index is 11.5. The molecule has 70 valence electrons. The van der Waals surface area contributed by atoms with Gasteiger partial charge in [-0.3, -0.25) is 4.79 Å². The summed E-state index contributed by atoms with van der Waals surface area (Å²) in [7, 11) is 0. The van der Waals surface area contributed by atoms with Crippen molar-refractivity contribution in [1.82, 2.24) is 0 Å². The molecule has 0 spiro atoms. The van der Waals surface area contributed by atoms with Crippen molar-refractivity contribution in [2.45, 2.75) is 4.90 Å². The molecular weight excluding hydrogens is 410 g/mol.